The quantitative estimate of drug-likeness (QED) is 0.454. The van der Waals surface area contributed by atoms with Gasteiger partial charge in [0.2, 0.25) is 0 Å². The van der Waals surface area contributed by atoms with E-state index in [9.17, 15) is 5.11 Å². The second kappa shape index (κ2) is 9.45. The van der Waals surface area contributed by atoms with Crippen LogP contribution in [0.1, 0.15) is 16.8 Å². The van der Waals surface area contributed by atoms with Crippen LogP contribution in [0.5, 0.6) is 0 Å². The fraction of sp³-hybridized carbons (Fsp3) is 0.167. The highest BCUT2D eigenvalue weighted by atomic mass is 32.1. The number of benzene rings is 2. The number of nitrogens with zero attached hydrogens (tertiary/aromatic N) is 3. The molecule has 0 aliphatic heterocycles. The van der Waals surface area contributed by atoms with Gasteiger partial charge in [0.1, 0.15) is 0 Å². The third kappa shape index (κ3) is 5.08. The third-order valence-electron chi connectivity index (χ3n) is 4.77. The van der Waals surface area contributed by atoms with Crippen LogP contribution in [0.15, 0.2) is 84.4 Å². The zero-order chi connectivity index (χ0) is 19.9. The molecule has 0 aliphatic rings. The van der Waals surface area contributed by atoms with Crippen LogP contribution < -0.4 is 4.90 Å². The van der Waals surface area contributed by atoms with Crippen molar-refractivity contribution >= 4 is 16.5 Å². The Bertz CT molecular complexity index is 1020. The smallest absolute Gasteiger partial charge is 0.186 e. The Balaban J connectivity index is 1.56. The molecule has 4 nitrogen and oxygen atoms in total. The van der Waals surface area contributed by atoms with Gasteiger partial charge in [0.15, 0.2) is 5.13 Å². The highest BCUT2D eigenvalue weighted by Gasteiger charge is 2.14. The van der Waals surface area contributed by atoms with Crippen LogP contribution in [-0.4, -0.2) is 21.6 Å². The van der Waals surface area contributed by atoms with Crippen molar-refractivity contribution in [3.05, 3.63) is 101 Å². The Morgan fingerprint density at radius 3 is 2.31 bits per heavy atom. The van der Waals surface area contributed by atoms with E-state index in [0.717, 1.165) is 40.6 Å². The first-order valence-electron chi connectivity index (χ1n) is 9.66. The largest absolute Gasteiger partial charge is 0.392 e. The lowest BCUT2D eigenvalue weighted by Crippen LogP contribution is -2.25. The standard InChI is InChI=1S/C24H23N3OS/c28-17-20-11-12-22(25-15-20)16-27(14-13-19-7-3-1-4-8-19)24-26-23(18-29-24)21-9-5-2-6-10-21/h1-12,15,18,28H,13-14,16-17H2. The van der Waals surface area contributed by atoms with E-state index < -0.39 is 0 Å². The van der Waals surface area contributed by atoms with Crippen LogP contribution >= 0.6 is 11.3 Å². The molecule has 0 radical (unpaired) electrons. The first-order chi connectivity index (χ1) is 14.3. The topological polar surface area (TPSA) is 49.2 Å². The SMILES string of the molecule is OCc1ccc(CN(CCc2ccccc2)c2nc(-c3ccccc3)cs2)nc1. The molecule has 2 aromatic carbocycles. The van der Waals surface area contributed by atoms with Crippen molar-refractivity contribution in [2.75, 3.05) is 11.4 Å². The van der Waals surface area contributed by atoms with E-state index in [1.807, 2.05) is 36.4 Å². The summed E-state index contributed by atoms with van der Waals surface area (Å²) in [5.74, 6) is 0. The number of hydrogen-bond acceptors (Lipinski definition) is 5. The summed E-state index contributed by atoms with van der Waals surface area (Å²) in [5.41, 5.74) is 5.22. The number of aliphatic hydroxyl groups is 1. The summed E-state index contributed by atoms with van der Waals surface area (Å²) in [4.78, 5) is 11.7. The molecule has 0 aliphatic carbocycles. The number of rotatable bonds is 8. The Morgan fingerprint density at radius 2 is 1.62 bits per heavy atom. The maximum absolute atomic E-state index is 9.25. The molecule has 29 heavy (non-hydrogen) atoms. The van der Waals surface area contributed by atoms with Crippen LogP contribution in [0.25, 0.3) is 11.3 Å². The van der Waals surface area contributed by atoms with Crippen LogP contribution in [0.4, 0.5) is 5.13 Å². The van der Waals surface area contributed by atoms with Crippen LogP contribution in [0.2, 0.25) is 0 Å². The van der Waals surface area contributed by atoms with Crippen molar-refractivity contribution < 1.29 is 5.11 Å². The second-order valence-electron chi connectivity index (χ2n) is 6.85. The highest BCUT2D eigenvalue weighted by Crippen LogP contribution is 2.28. The predicted molar refractivity (Wildman–Crippen MR) is 119 cm³/mol. The van der Waals surface area contributed by atoms with Crippen molar-refractivity contribution in [2.45, 2.75) is 19.6 Å². The fourth-order valence-corrected chi connectivity index (χ4v) is 4.00. The zero-order valence-electron chi connectivity index (χ0n) is 16.1. The van der Waals surface area contributed by atoms with Crippen LogP contribution in [0, 0.1) is 0 Å². The molecule has 0 amide bonds. The van der Waals surface area contributed by atoms with E-state index in [1.54, 1.807) is 17.5 Å². The van der Waals surface area contributed by atoms with Gasteiger partial charge in [0, 0.05) is 23.7 Å². The van der Waals surface area contributed by atoms with Gasteiger partial charge in [-0.05, 0) is 23.6 Å². The van der Waals surface area contributed by atoms with Gasteiger partial charge in [-0.2, -0.15) is 0 Å². The average Bonchev–Trinajstić information content (AvgIpc) is 3.28. The average molecular weight is 402 g/mol. The molecule has 0 spiro atoms. The van der Waals surface area contributed by atoms with Gasteiger partial charge in [-0.15, -0.1) is 11.3 Å². The molecular weight excluding hydrogens is 378 g/mol. The minimum absolute atomic E-state index is 0.0118. The first-order valence-corrected chi connectivity index (χ1v) is 10.5. The molecular formula is C24H23N3OS. The maximum Gasteiger partial charge on any atom is 0.186 e. The summed E-state index contributed by atoms with van der Waals surface area (Å²) in [6.07, 6.45) is 2.68. The number of aromatic nitrogens is 2. The van der Waals surface area contributed by atoms with Gasteiger partial charge >= 0.3 is 0 Å². The van der Waals surface area contributed by atoms with Gasteiger partial charge in [0.25, 0.3) is 0 Å². The monoisotopic (exact) mass is 401 g/mol. The molecule has 0 saturated carbocycles. The summed E-state index contributed by atoms with van der Waals surface area (Å²) in [5, 5.41) is 12.4. The Morgan fingerprint density at radius 1 is 0.862 bits per heavy atom. The zero-order valence-corrected chi connectivity index (χ0v) is 16.9. The molecule has 0 atom stereocenters. The number of aliphatic hydroxyl groups excluding tert-OH is 1. The second-order valence-corrected chi connectivity index (χ2v) is 7.69. The lowest BCUT2D eigenvalue weighted by molar-refractivity contribution is 0.281. The minimum atomic E-state index is 0.0118. The summed E-state index contributed by atoms with van der Waals surface area (Å²) < 4.78 is 0. The van der Waals surface area contributed by atoms with E-state index >= 15 is 0 Å². The molecule has 0 unspecified atom stereocenters. The van der Waals surface area contributed by atoms with Gasteiger partial charge in [-0.25, -0.2) is 4.98 Å². The fourth-order valence-electron chi connectivity index (χ4n) is 3.14. The van der Waals surface area contributed by atoms with E-state index in [4.69, 9.17) is 4.98 Å². The summed E-state index contributed by atoms with van der Waals surface area (Å²) in [6.45, 7) is 1.55. The van der Waals surface area contributed by atoms with E-state index in [1.165, 1.54) is 5.56 Å². The predicted octanol–water partition coefficient (Wildman–Crippen LogP) is 4.95. The lowest BCUT2D eigenvalue weighted by Gasteiger charge is -2.21. The molecule has 4 rings (SSSR count). The third-order valence-corrected chi connectivity index (χ3v) is 5.67. The summed E-state index contributed by atoms with van der Waals surface area (Å²) >= 11 is 1.66. The van der Waals surface area contributed by atoms with Gasteiger partial charge in [-0.1, -0.05) is 66.7 Å². The molecule has 1 N–H and O–H groups in total. The van der Waals surface area contributed by atoms with Crippen molar-refractivity contribution in [1.82, 2.24) is 9.97 Å². The molecule has 2 heterocycles. The van der Waals surface area contributed by atoms with Crippen LogP contribution in [-0.2, 0) is 19.6 Å². The van der Waals surface area contributed by atoms with Crippen molar-refractivity contribution in [2.24, 2.45) is 0 Å². The summed E-state index contributed by atoms with van der Waals surface area (Å²) in [6, 6.07) is 24.7. The number of pyridine rings is 1. The first kappa shape index (κ1) is 19.3. The van der Waals surface area contributed by atoms with Crippen LogP contribution in [0.3, 0.4) is 0 Å². The van der Waals surface area contributed by atoms with E-state index in [0.29, 0.717) is 6.54 Å². The Hall–Kier alpha value is -3.02. The van der Waals surface area contributed by atoms with Crippen molar-refractivity contribution in [1.29, 1.82) is 0 Å². The van der Waals surface area contributed by atoms with Gasteiger partial charge in [0.05, 0.1) is 24.5 Å². The number of anilines is 1. The lowest BCUT2D eigenvalue weighted by atomic mass is 10.1. The van der Waals surface area contributed by atoms with E-state index in [2.05, 4.69) is 51.7 Å². The van der Waals surface area contributed by atoms with E-state index in [-0.39, 0.29) is 6.61 Å². The highest BCUT2D eigenvalue weighted by molar-refractivity contribution is 7.14. The molecule has 146 valence electrons. The molecule has 0 bridgehead atoms. The molecule has 0 saturated heterocycles. The molecule has 0 fully saturated rings. The minimum Gasteiger partial charge on any atom is -0.392 e. The van der Waals surface area contributed by atoms with Gasteiger partial charge in [-0.3, -0.25) is 4.98 Å². The number of hydrogen-bond donors (Lipinski definition) is 1. The Labute approximate surface area is 175 Å². The van der Waals surface area contributed by atoms with Crippen molar-refractivity contribution in [3.8, 4) is 11.3 Å². The maximum atomic E-state index is 9.25. The Kier molecular flexibility index (Phi) is 6.29. The molecule has 2 aromatic heterocycles. The summed E-state index contributed by atoms with van der Waals surface area (Å²) in [7, 11) is 0. The van der Waals surface area contributed by atoms with Gasteiger partial charge < -0.3 is 10.0 Å². The molecule has 5 heteroatoms. The normalized spacial score (nSPS) is 10.8. The number of thiazole rings is 1. The van der Waals surface area contributed by atoms with Crippen molar-refractivity contribution in [3.63, 3.8) is 0 Å². The molecule has 4 aromatic rings.